The van der Waals surface area contributed by atoms with E-state index in [0.29, 0.717) is 42.6 Å². The van der Waals surface area contributed by atoms with Crippen LogP contribution in [0.25, 0.3) is 10.9 Å². The van der Waals surface area contributed by atoms with Crippen molar-refractivity contribution in [3.8, 4) is 5.75 Å². The third-order valence-electron chi connectivity index (χ3n) is 5.87. The Labute approximate surface area is 192 Å². The summed E-state index contributed by atoms with van der Waals surface area (Å²) in [5, 5.41) is 9.80. The van der Waals surface area contributed by atoms with E-state index in [1.807, 2.05) is 18.4 Å². The molecular weight excluding hydrogens is 447 g/mol. The molecule has 176 valence electrons. The molecule has 1 fully saturated rings. The van der Waals surface area contributed by atoms with Gasteiger partial charge in [-0.25, -0.2) is 12.8 Å². The molecule has 0 radical (unpaired) electrons. The van der Waals surface area contributed by atoms with Gasteiger partial charge in [0.1, 0.15) is 11.6 Å². The second kappa shape index (κ2) is 9.15. The van der Waals surface area contributed by atoms with Crippen LogP contribution in [0.1, 0.15) is 38.3 Å². The number of carbonyl (C=O) groups is 1. The van der Waals surface area contributed by atoms with Crippen molar-refractivity contribution in [2.45, 2.75) is 50.2 Å². The highest BCUT2D eigenvalue weighted by Crippen LogP contribution is 2.33. The first-order valence-corrected chi connectivity index (χ1v) is 12.4. The molecule has 0 aliphatic carbocycles. The first kappa shape index (κ1) is 23.3. The zero-order valence-electron chi connectivity index (χ0n) is 18.6. The lowest BCUT2D eigenvalue weighted by atomic mass is 10.1. The normalized spacial score (nSPS) is 15.9. The van der Waals surface area contributed by atoms with E-state index in [0.717, 1.165) is 5.52 Å². The minimum atomic E-state index is -3.63. The van der Waals surface area contributed by atoms with Crippen molar-refractivity contribution in [2.24, 2.45) is 0 Å². The first-order valence-electron chi connectivity index (χ1n) is 10.9. The molecule has 0 atom stereocenters. The number of hydrogen-bond donors (Lipinski definition) is 1. The van der Waals surface area contributed by atoms with E-state index in [2.05, 4.69) is 0 Å². The fraction of sp³-hybridized carbons (Fsp3) is 0.375. The minimum Gasteiger partial charge on any atom is -0.491 e. The Morgan fingerprint density at radius 2 is 1.82 bits per heavy atom. The maximum atomic E-state index is 13.8. The van der Waals surface area contributed by atoms with Crippen LogP contribution in [0.5, 0.6) is 5.75 Å². The van der Waals surface area contributed by atoms with E-state index >= 15 is 0 Å². The van der Waals surface area contributed by atoms with Crippen LogP contribution < -0.4 is 4.74 Å². The van der Waals surface area contributed by atoms with Gasteiger partial charge in [-0.1, -0.05) is 0 Å². The molecule has 3 aromatic rings. The highest BCUT2D eigenvalue weighted by atomic mass is 32.2. The number of benzene rings is 2. The predicted molar refractivity (Wildman–Crippen MR) is 122 cm³/mol. The van der Waals surface area contributed by atoms with Gasteiger partial charge in [0.2, 0.25) is 10.0 Å². The van der Waals surface area contributed by atoms with Crippen molar-refractivity contribution in [1.82, 2.24) is 8.87 Å². The van der Waals surface area contributed by atoms with Gasteiger partial charge in [0.25, 0.3) is 0 Å². The third kappa shape index (κ3) is 4.89. The van der Waals surface area contributed by atoms with Crippen molar-refractivity contribution >= 4 is 26.9 Å². The first-order chi connectivity index (χ1) is 15.6. The minimum absolute atomic E-state index is 0.00348. The number of fused-ring (bicyclic) bond motifs is 1. The fourth-order valence-corrected chi connectivity index (χ4v) is 5.85. The average Bonchev–Trinajstić information content (AvgIpc) is 3.10. The van der Waals surface area contributed by atoms with Gasteiger partial charge < -0.3 is 14.4 Å². The van der Waals surface area contributed by atoms with Crippen molar-refractivity contribution < 1.29 is 27.4 Å². The van der Waals surface area contributed by atoms with E-state index < -0.39 is 21.8 Å². The lowest BCUT2D eigenvalue weighted by Gasteiger charge is -2.32. The summed E-state index contributed by atoms with van der Waals surface area (Å²) in [6, 6.07) is 10.8. The molecule has 9 heteroatoms. The van der Waals surface area contributed by atoms with Crippen molar-refractivity contribution in [3.05, 3.63) is 60.0 Å². The van der Waals surface area contributed by atoms with Gasteiger partial charge in [-0.2, -0.15) is 4.31 Å². The second-order valence-electron chi connectivity index (χ2n) is 8.57. The van der Waals surface area contributed by atoms with Gasteiger partial charge in [0, 0.05) is 36.2 Å². The van der Waals surface area contributed by atoms with E-state index in [1.165, 1.54) is 16.4 Å². The number of halogens is 1. The van der Waals surface area contributed by atoms with Crippen LogP contribution in [-0.2, 0) is 21.2 Å². The second-order valence-corrected chi connectivity index (χ2v) is 10.5. The molecule has 2 heterocycles. The Morgan fingerprint density at radius 3 is 2.42 bits per heavy atom. The van der Waals surface area contributed by atoms with E-state index in [1.54, 1.807) is 36.5 Å². The molecule has 0 bridgehead atoms. The zero-order valence-corrected chi connectivity index (χ0v) is 19.4. The SMILES string of the molecule is CC(C)Oc1ccc(S(=O)(=O)N2CCC(n3cc(CC(=O)O)c4cc(F)ccc43)CC2)cc1. The number of ether oxygens (including phenoxy) is 1. The molecule has 7 nitrogen and oxygen atoms in total. The maximum absolute atomic E-state index is 13.8. The van der Waals surface area contributed by atoms with Crippen LogP contribution in [0.3, 0.4) is 0 Å². The highest BCUT2D eigenvalue weighted by Gasteiger charge is 2.31. The Kier molecular flexibility index (Phi) is 6.45. The summed E-state index contributed by atoms with van der Waals surface area (Å²) >= 11 is 0. The van der Waals surface area contributed by atoms with E-state index in [9.17, 15) is 22.7 Å². The van der Waals surface area contributed by atoms with Gasteiger partial charge in [-0.3, -0.25) is 4.79 Å². The monoisotopic (exact) mass is 474 g/mol. The summed E-state index contributed by atoms with van der Waals surface area (Å²) in [7, 11) is -3.63. The number of carboxylic acid groups (broad SMARTS) is 1. The van der Waals surface area contributed by atoms with Crippen LogP contribution in [0.4, 0.5) is 4.39 Å². The molecule has 0 spiro atoms. The molecular formula is C24H27FN2O5S. The van der Waals surface area contributed by atoms with Gasteiger partial charge in [0.05, 0.1) is 17.4 Å². The molecule has 2 aromatic carbocycles. The molecule has 4 rings (SSSR count). The topological polar surface area (TPSA) is 88.8 Å². The molecule has 33 heavy (non-hydrogen) atoms. The number of piperidine rings is 1. The summed E-state index contributed by atoms with van der Waals surface area (Å²) in [5.41, 5.74) is 1.31. The number of aliphatic carboxylic acids is 1. The molecule has 1 saturated heterocycles. The summed E-state index contributed by atoms with van der Waals surface area (Å²) in [4.78, 5) is 11.5. The number of hydrogen-bond acceptors (Lipinski definition) is 4. The lowest BCUT2D eigenvalue weighted by Crippen LogP contribution is -2.38. The Hall–Kier alpha value is -2.91. The van der Waals surface area contributed by atoms with Crippen LogP contribution >= 0.6 is 0 Å². The Morgan fingerprint density at radius 1 is 1.15 bits per heavy atom. The maximum Gasteiger partial charge on any atom is 0.307 e. The quantitative estimate of drug-likeness (QED) is 0.554. The number of aromatic nitrogens is 1. The van der Waals surface area contributed by atoms with E-state index in [4.69, 9.17) is 4.74 Å². The highest BCUT2D eigenvalue weighted by molar-refractivity contribution is 7.89. The van der Waals surface area contributed by atoms with Crippen molar-refractivity contribution in [2.75, 3.05) is 13.1 Å². The Balaban J connectivity index is 1.52. The summed E-state index contributed by atoms with van der Waals surface area (Å²) in [6.07, 6.45) is 2.71. The number of rotatable bonds is 7. The number of sulfonamides is 1. The molecule has 1 aromatic heterocycles. The molecule has 1 aliphatic heterocycles. The molecule has 0 unspecified atom stereocenters. The lowest BCUT2D eigenvalue weighted by molar-refractivity contribution is -0.136. The molecule has 0 saturated carbocycles. The summed E-state index contributed by atoms with van der Waals surface area (Å²) in [5.74, 6) is -0.780. The van der Waals surface area contributed by atoms with Crippen LogP contribution in [0, 0.1) is 5.82 Å². The van der Waals surface area contributed by atoms with Gasteiger partial charge >= 0.3 is 5.97 Å². The van der Waals surface area contributed by atoms with Gasteiger partial charge in [0.15, 0.2) is 0 Å². The van der Waals surface area contributed by atoms with Crippen LogP contribution in [0.15, 0.2) is 53.6 Å². The predicted octanol–water partition coefficient (Wildman–Crippen LogP) is 4.22. The molecule has 0 amide bonds. The van der Waals surface area contributed by atoms with Crippen molar-refractivity contribution in [1.29, 1.82) is 0 Å². The standard InChI is InChI=1S/C24H27FN2O5S/c1-16(2)32-20-4-6-21(7-5-20)33(30,31)26-11-9-19(10-12-26)27-15-17(13-24(28)29)22-14-18(25)3-8-23(22)27/h3-8,14-16,19H,9-13H2,1-2H3,(H,28,29). The largest absolute Gasteiger partial charge is 0.491 e. The molecule has 1 N–H and O–H groups in total. The van der Waals surface area contributed by atoms with Gasteiger partial charge in [-0.15, -0.1) is 0 Å². The van der Waals surface area contributed by atoms with Crippen LogP contribution in [-0.4, -0.2) is 47.6 Å². The fourth-order valence-electron chi connectivity index (χ4n) is 4.38. The smallest absolute Gasteiger partial charge is 0.307 e. The molecule has 1 aliphatic rings. The number of nitrogens with zero attached hydrogens (tertiary/aromatic N) is 2. The van der Waals surface area contributed by atoms with Gasteiger partial charge in [-0.05, 0) is 74.7 Å². The number of carboxylic acids is 1. The average molecular weight is 475 g/mol. The van der Waals surface area contributed by atoms with Crippen molar-refractivity contribution in [3.63, 3.8) is 0 Å². The van der Waals surface area contributed by atoms with E-state index in [-0.39, 0.29) is 23.5 Å². The van der Waals surface area contributed by atoms with Crippen LogP contribution in [0.2, 0.25) is 0 Å². The zero-order chi connectivity index (χ0) is 23.8. The summed E-state index contributed by atoms with van der Waals surface area (Å²) in [6.45, 7) is 4.49. The Bertz CT molecular complexity index is 1260. The third-order valence-corrected chi connectivity index (χ3v) is 7.78. The summed E-state index contributed by atoms with van der Waals surface area (Å²) < 4.78 is 49.1.